The standard InChI is InChI=1S/C21H25N3O2S2/c1-15-8-9-18(14-16(15)2)28(25,26)24-12-10-23(11-13-24)17(3)21-22-19-6-4-5-7-20(19)27-21/h4-9,14,17H,10-13H2,1-3H3. The molecule has 0 saturated carbocycles. The monoisotopic (exact) mass is 415 g/mol. The molecular formula is C21H25N3O2S2. The van der Waals surface area contributed by atoms with Gasteiger partial charge in [-0.05, 0) is 56.2 Å². The highest BCUT2D eigenvalue weighted by Crippen LogP contribution is 2.30. The summed E-state index contributed by atoms with van der Waals surface area (Å²) in [7, 11) is -3.44. The molecule has 1 fully saturated rings. The third kappa shape index (κ3) is 3.59. The van der Waals surface area contributed by atoms with Crippen LogP contribution in [0.3, 0.4) is 0 Å². The number of rotatable bonds is 4. The second-order valence-electron chi connectivity index (χ2n) is 7.38. The van der Waals surface area contributed by atoms with E-state index in [1.165, 1.54) is 4.70 Å². The quantitative estimate of drug-likeness (QED) is 0.647. The molecule has 7 heteroatoms. The summed E-state index contributed by atoms with van der Waals surface area (Å²) in [6.07, 6.45) is 0. The Labute approximate surface area is 170 Å². The molecule has 4 rings (SSSR count). The van der Waals surface area contributed by atoms with Gasteiger partial charge in [0.2, 0.25) is 10.0 Å². The fourth-order valence-corrected chi connectivity index (χ4v) is 6.14. The molecule has 1 unspecified atom stereocenters. The number of hydrogen-bond donors (Lipinski definition) is 0. The summed E-state index contributed by atoms with van der Waals surface area (Å²) < 4.78 is 28.8. The molecule has 1 aromatic heterocycles. The lowest BCUT2D eigenvalue weighted by molar-refractivity contribution is 0.146. The molecule has 1 atom stereocenters. The van der Waals surface area contributed by atoms with E-state index in [0.29, 0.717) is 31.1 Å². The van der Waals surface area contributed by atoms with Crippen LogP contribution in [-0.4, -0.2) is 48.8 Å². The van der Waals surface area contributed by atoms with Crippen LogP contribution in [0.25, 0.3) is 10.2 Å². The van der Waals surface area contributed by atoms with Crippen molar-refractivity contribution in [3.8, 4) is 0 Å². The number of sulfonamides is 1. The van der Waals surface area contributed by atoms with Crippen molar-refractivity contribution in [2.75, 3.05) is 26.2 Å². The highest BCUT2D eigenvalue weighted by Gasteiger charge is 2.31. The largest absolute Gasteiger partial charge is 0.292 e. The van der Waals surface area contributed by atoms with Crippen molar-refractivity contribution in [3.05, 3.63) is 58.6 Å². The van der Waals surface area contributed by atoms with Crippen molar-refractivity contribution in [1.82, 2.24) is 14.2 Å². The predicted octanol–water partition coefficient (Wildman–Crippen LogP) is 3.98. The highest BCUT2D eigenvalue weighted by atomic mass is 32.2. The number of aryl methyl sites for hydroxylation is 2. The predicted molar refractivity (Wildman–Crippen MR) is 114 cm³/mol. The summed E-state index contributed by atoms with van der Waals surface area (Å²) in [5.41, 5.74) is 3.14. The Morgan fingerprint density at radius 3 is 2.39 bits per heavy atom. The number of piperazine rings is 1. The molecule has 1 saturated heterocycles. The molecule has 2 heterocycles. The molecular weight excluding hydrogens is 390 g/mol. The molecule has 0 bridgehead atoms. The van der Waals surface area contributed by atoms with Crippen molar-refractivity contribution in [1.29, 1.82) is 0 Å². The van der Waals surface area contributed by atoms with Crippen LogP contribution >= 0.6 is 11.3 Å². The smallest absolute Gasteiger partial charge is 0.243 e. The number of aromatic nitrogens is 1. The van der Waals surface area contributed by atoms with Gasteiger partial charge in [0.1, 0.15) is 5.01 Å². The summed E-state index contributed by atoms with van der Waals surface area (Å²) in [5, 5.41) is 1.09. The third-order valence-corrected chi connectivity index (χ3v) is 8.71. The van der Waals surface area contributed by atoms with Crippen molar-refractivity contribution in [2.24, 2.45) is 0 Å². The second kappa shape index (κ2) is 7.55. The minimum atomic E-state index is -3.44. The molecule has 5 nitrogen and oxygen atoms in total. The lowest BCUT2D eigenvalue weighted by atomic mass is 10.1. The van der Waals surface area contributed by atoms with Gasteiger partial charge in [0.15, 0.2) is 0 Å². The van der Waals surface area contributed by atoms with E-state index in [1.807, 2.05) is 38.1 Å². The van der Waals surface area contributed by atoms with Crippen molar-refractivity contribution >= 4 is 31.6 Å². The first kappa shape index (κ1) is 19.5. The number of para-hydroxylation sites is 1. The zero-order chi connectivity index (χ0) is 19.9. The zero-order valence-electron chi connectivity index (χ0n) is 16.4. The van der Waals surface area contributed by atoms with Crippen LogP contribution in [0, 0.1) is 13.8 Å². The average Bonchev–Trinajstić information content (AvgIpc) is 3.13. The van der Waals surface area contributed by atoms with E-state index in [1.54, 1.807) is 27.8 Å². The average molecular weight is 416 g/mol. The van der Waals surface area contributed by atoms with Gasteiger partial charge < -0.3 is 0 Å². The first-order valence-electron chi connectivity index (χ1n) is 9.53. The van der Waals surface area contributed by atoms with E-state index in [9.17, 15) is 8.42 Å². The Hall–Kier alpha value is -1.80. The van der Waals surface area contributed by atoms with Crippen LogP contribution < -0.4 is 0 Å². The fraction of sp³-hybridized carbons (Fsp3) is 0.381. The first-order chi connectivity index (χ1) is 13.4. The van der Waals surface area contributed by atoms with Crippen molar-refractivity contribution < 1.29 is 8.42 Å². The van der Waals surface area contributed by atoms with Crippen LogP contribution in [-0.2, 0) is 10.0 Å². The number of thiazole rings is 1. The minimum Gasteiger partial charge on any atom is -0.292 e. The molecule has 1 aliphatic heterocycles. The highest BCUT2D eigenvalue weighted by molar-refractivity contribution is 7.89. The molecule has 0 amide bonds. The minimum absolute atomic E-state index is 0.184. The first-order valence-corrected chi connectivity index (χ1v) is 11.8. The van der Waals surface area contributed by atoms with Crippen molar-refractivity contribution in [2.45, 2.75) is 31.7 Å². The molecule has 2 aromatic carbocycles. The molecule has 1 aliphatic rings. The Balaban J connectivity index is 1.47. The zero-order valence-corrected chi connectivity index (χ0v) is 18.1. The van der Waals surface area contributed by atoms with Gasteiger partial charge in [-0.25, -0.2) is 13.4 Å². The summed E-state index contributed by atoms with van der Waals surface area (Å²) in [6.45, 7) is 8.53. The number of benzene rings is 2. The molecule has 0 radical (unpaired) electrons. The van der Waals surface area contributed by atoms with Crippen LogP contribution in [0.15, 0.2) is 47.4 Å². The van der Waals surface area contributed by atoms with E-state index in [-0.39, 0.29) is 6.04 Å². The van der Waals surface area contributed by atoms with Crippen LogP contribution in [0.2, 0.25) is 0 Å². The van der Waals surface area contributed by atoms with E-state index in [2.05, 4.69) is 17.9 Å². The van der Waals surface area contributed by atoms with Gasteiger partial charge in [0.25, 0.3) is 0 Å². The van der Waals surface area contributed by atoms with Gasteiger partial charge >= 0.3 is 0 Å². The van der Waals surface area contributed by atoms with Crippen LogP contribution in [0.1, 0.15) is 29.1 Å². The summed E-state index contributed by atoms with van der Waals surface area (Å²) >= 11 is 1.72. The number of hydrogen-bond acceptors (Lipinski definition) is 5. The SMILES string of the molecule is Cc1ccc(S(=O)(=O)N2CCN(C(C)c3nc4ccccc4s3)CC2)cc1C. The van der Waals surface area contributed by atoms with Crippen LogP contribution in [0.5, 0.6) is 0 Å². The Bertz CT molecular complexity index is 1070. The van der Waals surface area contributed by atoms with E-state index in [0.717, 1.165) is 21.7 Å². The molecule has 148 valence electrons. The van der Waals surface area contributed by atoms with Gasteiger partial charge in [-0.1, -0.05) is 18.2 Å². The molecule has 0 spiro atoms. The van der Waals surface area contributed by atoms with Gasteiger partial charge in [-0.15, -0.1) is 11.3 Å². The third-order valence-electron chi connectivity index (χ3n) is 5.60. The summed E-state index contributed by atoms with van der Waals surface area (Å²) in [4.78, 5) is 7.48. The van der Waals surface area contributed by atoms with E-state index >= 15 is 0 Å². The van der Waals surface area contributed by atoms with Crippen LogP contribution in [0.4, 0.5) is 0 Å². The maximum absolute atomic E-state index is 13.0. The lowest BCUT2D eigenvalue weighted by Gasteiger charge is -2.36. The molecule has 0 aliphatic carbocycles. The molecule has 3 aromatic rings. The Morgan fingerprint density at radius 1 is 1.00 bits per heavy atom. The molecule has 0 N–H and O–H groups in total. The fourth-order valence-electron chi connectivity index (χ4n) is 3.58. The van der Waals surface area contributed by atoms with Gasteiger partial charge in [-0.2, -0.15) is 4.31 Å². The summed E-state index contributed by atoms with van der Waals surface area (Å²) in [5.74, 6) is 0. The van der Waals surface area contributed by atoms with E-state index < -0.39 is 10.0 Å². The van der Waals surface area contributed by atoms with Gasteiger partial charge in [0.05, 0.1) is 21.2 Å². The summed E-state index contributed by atoms with van der Waals surface area (Å²) in [6, 6.07) is 13.7. The van der Waals surface area contributed by atoms with Gasteiger partial charge in [-0.3, -0.25) is 4.90 Å². The van der Waals surface area contributed by atoms with Crippen molar-refractivity contribution in [3.63, 3.8) is 0 Å². The Morgan fingerprint density at radius 2 is 1.71 bits per heavy atom. The van der Waals surface area contributed by atoms with E-state index in [4.69, 9.17) is 4.98 Å². The number of fused-ring (bicyclic) bond motifs is 1. The second-order valence-corrected chi connectivity index (χ2v) is 10.4. The Kier molecular flexibility index (Phi) is 5.26. The molecule has 28 heavy (non-hydrogen) atoms. The topological polar surface area (TPSA) is 53.5 Å². The lowest BCUT2D eigenvalue weighted by Crippen LogP contribution is -2.49. The normalized spacial score (nSPS) is 17.8. The maximum Gasteiger partial charge on any atom is 0.243 e. The number of nitrogens with zero attached hydrogens (tertiary/aromatic N) is 3. The maximum atomic E-state index is 13.0. The van der Waals surface area contributed by atoms with Gasteiger partial charge in [0, 0.05) is 26.2 Å².